The Kier molecular flexibility index (Phi) is 4.19. The van der Waals surface area contributed by atoms with Crippen molar-refractivity contribution >= 4 is 5.57 Å². The lowest BCUT2D eigenvalue weighted by Gasteiger charge is -2.33. The molecule has 0 spiro atoms. The van der Waals surface area contributed by atoms with Crippen LogP contribution in [0.1, 0.15) is 53.0 Å². The van der Waals surface area contributed by atoms with Crippen molar-refractivity contribution < 1.29 is 0 Å². The number of allylic oxidation sites excluding steroid dienone is 1. The summed E-state index contributed by atoms with van der Waals surface area (Å²) >= 11 is 0. The van der Waals surface area contributed by atoms with Crippen LogP contribution in [0.2, 0.25) is 0 Å². The fourth-order valence-electron chi connectivity index (χ4n) is 2.85. The van der Waals surface area contributed by atoms with Crippen LogP contribution in [0, 0.1) is 10.8 Å². The van der Waals surface area contributed by atoms with E-state index in [9.17, 15) is 0 Å². The molecule has 0 aliphatic heterocycles. The first-order chi connectivity index (χ1) is 7.70. The zero-order valence-electron chi connectivity index (χ0n) is 12.0. The Bertz CT molecular complexity index is 363. The molecule has 0 saturated heterocycles. The fraction of sp³-hybridized carbons (Fsp3) is 0.529. The van der Waals surface area contributed by atoms with Gasteiger partial charge < -0.3 is 0 Å². The van der Waals surface area contributed by atoms with Crippen LogP contribution in [0.4, 0.5) is 0 Å². The van der Waals surface area contributed by atoms with Crippen molar-refractivity contribution in [2.45, 2.75) is 47.5 Å². The largest absolute Gasteiger partial charge is 0.0952 e. The van der Waals surface area contributed by atoms with Crippen LogP contribution in [0.15, 0.2) is 36.9 Å². The van der Waals surface area contributed by atoms with Crippen LogP contribution < -0.4 is 0 Å². The van der Waals surface area contributed by atoms with Crippen LogP contribution in [0.25, 0.3) is 5.57 Å². The van der Waals surface area contributed by atoms with Gasteiger partial charge in [-0.3, -0.25) is 0 Å². The molecular weight excluding hydrogens is 204 g/mol. The van der Waals surface area contributed by atoms with Crippen LogP contribution >= 0.6 is 0 Å². The van der Waals surface area contributed by atoms with Gasteiger partial charge in [0.2, 0.25) is 0 Å². The van der Waals surface area contributed by atoms with E-state index in [0.29, 0.717) is 10.8 Å². The molecule has 0 amide bonds. The van der Waals surface area contributed by atoms with Gasteiger partial charge in [0.15, 0.2) is 0 Å². The lowest BCUT2D eigenvalue weighted by molar-refractivity contribution is 0.217. The van der Waals surface area contributed by atoms with E-state index < -0.39 is 0 Å². The van der Waals surface area contributed by atoms with Crippen molar-refractivity contribution in [3.05, 3.63) is 42.5 Å². The molecular formula is C17H26. The fourth-order valence-corrected chi connectivity index (χ4v) is 2.85. The second-order valence-electron chi connectivity index (χ2n) is 7.05. The molecule has 0 aliphatic carbocycles. The molecule has 0 heteroatoms. The van der Waals surface area contributed by atoms with Crippen molar-refractivity contribution in [3.63, 3.8) is 0 Å². The van der Waals surface area contributed by atoms with Gasteiger partial charge in [-0.2, -0.15) is 0 Å². The first-order valence-electron chi connectivity index (χ1n) is 6.43. The van der Waals surface area contributed by atoms with E-state index in [0.717, 1.165) is 6.42 Å². The summed E-state index contributed by atoms with van der Waals surface area (Å²) in [5, 5.41) is 0. The van der Waals surface area contributed by atoms with Crippen molar-refractivity contribution in [3.8, 4) is 0 Å². The Morgan fingerprint density at radius 3 is 2.00 bits per heavy atom. The first-order valence-corrected chi connectivity index (χ1v) is 6.43. The Morgan fingerprint density at radius 1 is 1.00 bits per heavy atom. The molecule has 0 saturated carbocycles. The van der Waals surface area contributed by atoms with E-state index in [1.54, 1.807) is 0 Å². The highest BCUT2D eigenvalue weighted by Gasteiger charge is 2.26. The Morgan fingerprint density at radius 2 is 1.53 bits per heavy atom. The molecule has 1 rings (SSSR count). The second kappa shape index (κ2) is 5.08. The van der Waals surface area contributed by atoms with E-state index in [1.165, 1.54) is 17.6 Å². The molecule has 17 heavy (non-hydrogen) atoms. The van der Waals surface area contributed by atoms with E-state index in [4.69, 9.17) is 0 Å². The average Bonchev–Trinajstić information content (AvgIpc) is 2.14. The van der Waals surface area contributed by atoms with Crippen LogP contribution in [0.5, 0.6) is 0 Å². The summed E-state index contributed by atoms with van der Waals surface area (Å²) in [5.74, 6) is 0. The van der Waals surface area contributed by atoms with Gasteiger partial charge in [0.25, 0.3) is 0 Å². The first kappa shape index (κ1) is 14.0. The molecule has 94 valence electrons. The van der Waals surface area contributed by atoms with Crippen molar-refractivity contribution in [2.24, 2.45) is 10.8 Å². The summed E-state index contributed by atoms with van der Waals surface area (Å²) in [5.41, 5.74) is 3.21. The summed E-state index contributed by atoms with van der Waals surface area (Å²) in [4.78, 5) is 0. The van der Waals surface area contributed by atoms with Gasteiger partial charge in [0, 0.05) is 0 Å². The molecule has 0 nitrogen and oxygen atoms in total. The standard InChI is InChI=1S/C17H26/c1-14(15-10-8-7-9-11-15)12-17(5,6)13-16(2,3)4/h7-11H,1,12-13H2,2-6H3. The van der Waals surface area contributed by atoms with Gasteiger partial charge in [-0.25, -0.2) is 0 Å². The molecule has 1 aromatic rings. The van der Waals surface area contributed by atoms with E-state index in [2.05, 4.69) is 71.5 Å². The molecule has 0 radical (unpaired) electrons. The smallest absolute Gasteiger partial charge is 0.0227 e. The topological polar surface area (TPSA) is 0 Å². The molecule has 0 heterocycles. The Labute approximate surface area is 107 Å². The zero-order chi connectivity index (χ0) is 13.1. The highest BCUT2D eigenvalue weighted by Crippen LogP contribution is 2.39. The normalized spacial score (nSPS) is 12.5. The van der Waals surface area contributed by atoms with E-state index in [-0.39, 0.29) is 0 Å². The van der Waals surface area contributed by atoms with Crippen molar-refractivity contribution in [1.82, 2.24) is 0 Å². The quantitative estimate of drug-likeness (QED) is 0.636. The predicted molar refractivity (Wildman–Crippen MR) is 77.9 cm³/mol. The summed E-state index contributed by atoms with van der Waals surface area (Å²) in [6, 6.07) is 10.5. The molecule has 1 aromatic carbocycles. The monoisotopic (exact) mass is 230 g/mol. The van der Waals surface area contributed by atoms with Crippen molar-refractivity contribution in [1.29, 1.82) is 0 Å². The third-order valence-corrected chi connectivity index (χ3v) is 2.88. The molecule has 0 aliphatic rings. The Balaban J connectivity index is 2.69. The van der Waals surface area contributed by atoms with Gasteiger partial charge in [-0.1, -0.05) is 71.5 Å². The number of benzene rings is 1. The van der Waals surface area contributed by atoms with Crippen LogP contribution in [-0.2, 0) is 0 Å². The van der Waals surface area contributed by atoms with Gasteiger partial charge in [-0.15, -0.1) is 0 Å². The summed E-state index contributed by atoms with van der Waals surface area (Å²) < 4.78 is 0. The minimum atomic E-state index is 0.311. The zero-order valence-corrected chi connectivity index (χ0v) is 12.0. The maximum atomic E-state index is 4.24. The second-order valence-corrected chi connectivity index (χ2v) is 7.05. The molecule has 0 aromatic heterocycles. The minimum absolute atomic E-state index is 0.311. The molecule has 0 N–H and O–H groups in total. The van der Waals surface area contributed by atoms with Crippen LogP contribution in [0.3, 0.4) is 0 Å². The van der Waals surface area contributed by atoms with Crippen LogP contribution in [-0.4, -0.2) is 0 Å². The summed E-state index contributed by atoms with van der Waals surface area (Å²) in [6.45, 7) is 15.8. The molecule has 0 atom stereocenters. The summed E-state index contributed by atoms with van der Waals surface area (Å²) in [7, 11) is 0. The number of hydrogen-bond donors (Lipinski definition) is 0. The third kappa shape index (κ3) is 5.21. The van der Waals surface area contributed by atoms with E-state index in [1.807, 2.05) is 0 Å². The maximum absolute atomic E-state index is 4.24. The predicted octanol–water partition coefficient (Wildman–Crippen LogP) is 5.55. The lowest BCUT2D eigenvalue weighted by atomic mass is 9.72. The summed E-state index contributed by atoms with van der Waals surface area (Å²) in [6.07, 6.45) is 2.28. The van der Waals surface area contributed by atoms with E-state index >= 15 is 0 Å². The minimum Gasteiger partial charge on any atom is -0.0952 e. The molecule has 0 fully saturated rings. The maximum Gasteiger partial charge on any atom is -0.0227 e. The highest BCUT2D eigenvalue weighted by atomic mass is 14.3. The van der Waals surface area contributed by atoms with Gasteiger partial charge in [-0.05, 0) is 34.8 Å². The average molecular weight is 230 g/mol. The lowest BCUT2D eigenvalue weighted by Crippen LogP contribution is -2.20. The highest BCUT2D eigenvalue weighted by molar-refractivity contribution is 5.63. The van der Waals surface area contributed by atoms with Gasteiger partial charge >= 0.3 is 0 Å². The number of rotatable bonds is 4. The SMILES string of the molecule is C=C(CC(C)(C)CC(C)(C)C)c1ccccc1. The van der Waals surface area contributed by atoms with Gasteiger partial charge in [0.05, 0.1) is 0 Å². The Hall–Kier alpha value is -1.04. The number of hydrogen-bond acceptors (Lipinski definition) is 0. The van der Waals surface area contributed by atoms with Gasteiger partial charge in [0.1, 0.15) is 0 Å². The van der Waals surface area contributed by atoms with Crippen molar-refractivity contribution in [2.75, 3.05) is 0 Å². The third-order valence-electron chi connectivity index (χ3n) is 2.88. The molecule has 0 unspecified atom stereocenters. The molecule has 0 bridgehead atoms.